The van der Waals surface area contributed by atoms with Crippen LogP contribution in [0.5, 0.6) is 0 Å². The Bertz CT molecular complexity index is 1840. The number of rotatable bonds is 36. The first kappa shape index (κ1) is 63.8. The van der Waals surface area contributed by atoms with Gasteiger partial charge >= 0.3 is 41.5 Å². The van der Waals surface area contributed by atoms with Crippen LogP contribution < -0.4 is 0 Å². The Kier molecular flexibility index (Phi) is 29.8. The van der Waals surface area contributed by atoms with Crippen LogP contribution in [0.25, 0.3) is 0 Å². The quantitative estimate of drug-likeness (QED) is 0.0297. The van der Waals surface area contributed by atoms with Crippen LogP contribution in [0.2, 0.25) is 12.1 Å². The SMILES string of the molecule is CCO[Si](CCCC(CC(=O)O)C(=O)OCCc1ccc(C(=O)C(C)(C)O)cc1)(OCC)OCC.CCO[Si](CCCC(CC(=O)OCCc1ccc(C(=O)C(C)(C)O)cc1)C(=O)O)(OCC)OCC. The lowest BCUT2D eigenvalue weighted by Gasteiger charge is -2.28. The maximum atomic E-state index is 12.6. The van der Waals surface area contributed by atoms with Crippen molar-refractivity contribution in [2.45, 2.75) is 144 Å². The summed E-state index contributed by atoms with van der Waals surface area (Å²) in [6.45, 7) is 19.8. The zero-order chi connectivity index (χ0) is 53.0. The van der Waals surface area contributed by atoms with Crippen LogP contribution >= 0.6 is 0 Å². The molecule has 0 radical (unpaired) electrons. The number of ether oxygens (including phenoxy) is 2. The molecule has 0 bridgehead atoms. The summed E-state index contributed by atoms with van der Waals surface area (Å²) in [5, 5.41) is 38.5. The molecular formula is C50H80O18Si2. The van der Waals surface area contributed by atoms with Gasteiger partial charge in [0.1, 0.15) is 11.2 Å². The Labute approximate surface area is 416 Å². The molecule has 0 saturated heterocycles. The van der Waals surface area contributed by atoms with Crippen LogP contribution in [-0.4, -0.2) is 138 Å². The van der Waals surface area contributed by atoms with E-state index in [0.717, 1.165) is 11.1 Å². The van der Waals surface area contributed by atoms with Gasteiger partial charge in [-0.25, -0.2) is 0 Å². The Morgan fingerprint density at radius 2 is 0.857 bits per heavy atom. The number of aliphatic carboxylic acids is 2. The lowest BCUT2D eigenvalue weighted by molar-refractivity contribution is -0.153. The third-order valence-corrected chi connectivity index (χ3v) is 16.9. The van der Waals surface area contributed by atoms with Crippen LogP contribution in [0, 0.1) is 11.8 Å². The van der Waals surface area contributed by atoms with Crippen molar-refractivity contribution in [2.24, 2.45) is 11.8 Å². The van der Waals surface area contributed by atoms with E-state index in [1.807, 2.05) is 41.5 Å². The van der Waals surface area contributed by atoms with Crippen LogP contribution in [0.4, 0.5) is 0 Å². The standard InChI is InChI=1S/2C25H40O9Si/c1-6-32-35(33-7-2,34-8-3)17-9-10-21(24(28)29)18-22(26)31-16-15-19-11-13-20(14-12-19)23(27)25(4,5)30;1-6-32-35(33-7-2,34-8-3)17-9-10-21(18-22(26)27)24(29)31-16-15-19-11-13-20(14-12-19)23(28)25(4,5)30/h11-14,21,30H,6-10,15-18H2,1-5H3,(H,28,29);11-14,21,30H,6-10,15-18H2,1-5H3,(H,26,27). The molecule has 0 aliphatic rings. The topological polar surface area (TPSA) is 257 Å². The summed E-state index contributed by atoms with van der Waals surface area (Å²) in [6, 6.07) is 14.4. The summed E-state index contributed by atoms with van der Waals surface area (Å²) in [5.41, 5.74) is -0.411. The van der Waals surface area contributed by atoms with Gasteiger partial charge in [-0.2, -0.15) is 0 Å². The summed E-state index contributed by atoms with van der Waals surface area (Å²) in [4.78, 5) is 72.1. The van der Waals surface area contributed by atoms with Crippen molar-refractivity contribution in [3.8, 4) is 0 Å². The number of esters is 2. The van der Waals surface area contributed by atoms with E-state index in [1.165, 1.54) is 27.7 Å². The lowest BCUT2D eigenvalue weighted by Crippen LogP contribution is -2.46. The predicted molar refractivity (Wildman–Crippen MR) is 264 cm³/mol. The summed E-state index contributed by atoms with van der Waals surface area (Å²) < 4.78 is 45.4. The number of benzene rings is 2. The number of hydrogen-bond acceptors (Lipinski definition) is 16. The number of carboxylic acid groups (broad SMARTS) is 2. The lowest BCUT2D eigenvalue weighted by atomic mass is 9.96. The molecule has 70 heavy (non-hydrogen) atoms. The number of carboxylic acids is 2. The van der Waals surface area contributed by atoms with Crippen LogP contribution in [0.3, 0.4) is 0 Å². The van der Waals surface area contributed by atoms with Gasteiger partial charge in [-0.1, -0.05) is 48.5 Å². The highest BCUT2D eigenvalue weighted by molar-refractivity contribution is 6.61. The van der Waals surface area contributed by atoms with Gasteiger partial charge in [0, 0.05) is 75.7 Å². The number of hydrogen-bond donors (Lipinski definition) is 4. The minimum atomic E-state index is -2.87. The summed E-state index contributed by atoms with van der Waals surface area (Å²) in [5.74, 6) is -5.66. The fourth-order valence-electron chi connectivity index (χ4n) is 7.24. The molecule has 396 valence electrons. The van der Waals surface area contributed by atoms with Gasteiger partial charge in [0.15, 0.2) is 11.6 Å². The van der Waals surface area contributed by atoms with E-state index in [1.54, 1.807) is 48.5 Å². The van der Waals surface area contributed by atoms with Crippen LogP contribution in [0.15, 0.2) is 48.5 Å². The first-order valence-corrected chi connectivity index (χ1v) is 28.1. The van der Waals surface area contributed by atoms with Crippen molar-refractivity contribution < 1.29 is 85.2 Å². The zero-order valence-corrected chi connectivity index (χ0v) is 45.0. The largest absolute Gasteiger partial charge is 0.500 e. The molecular weight excluding hydrogens is 945 g/mol. The van der Waals surface area contributed by atoms with E-state index in [4.69, 9.17) is 36.0 Å². The normalized spacial score (nSPS) is 12.9. The number of carbonyl (C=O) groups excluding carboxylic acids is 4. The van der Waals surface area contributed by atoms with E-state index in [-0.39, 0.29) is 44.0 Å². The molecule has 4 N–H and O–H groups in total. The fourth-order valence-corrected chi connectivity index (χ4v) is 12.5. The van der Waals surface area contributed by atoms with Crippen molar-refractivity contribution in [1.82, 2.24) is 0 Å². The molecule has 20 heteroatoms. The first-order chi connectivity index (χ1) is 32.9. The van der Waals surface area contributed by atoms with Gasteiger partial charge in [-0.05, 0) is 106 Å². The molecule has 0 amide bonds. The van der Waals surface area contributed by atoms with Crippen LogP contribution in [-0.2, 0) is 68.0 Å². The van der Waals surface area contributed by atoms with Gasteiger partial charge in [0.2, 0.25) is 0 Å². The van der Waals surface area contributed by atoms with E-state index < -0.39 is 64.5 Å². The molecule has 0 saturated carbocycles. The average molecular weight is 1030 g/mol. The first-order valence-electron chi connectivity index (χ1n) is 24.3. The van der Waals surface area contributed by atoms with Crippen molar-refractivity contribution in [2.75, 3.05) is 52.9 Å². The second-order valence-corrected chi connectivity index (χ2v) is 22.8. The van der Waals surface area contributed by atoms with Crippen molar-refractivity contribution in [3.05, 3.63) is 70.8 Å². The Balaban J connectivity index is 0.000000700. The monoisotopic (exact) mass is 1020 g/mol. The molecule has 2 unspecified atom stereocenters. The minimum absolute atomic E-state index is 0.0866. The van der Waals surface area contributed by atoms with Gasteiger partial charge in [0.25, 0.3) is 0 Å². The number of aliphatic hydroxyl groups is 2. The summed E-state index contributed by atoms with van der Waals surface area (Å²) in [6.07, 6.45) is 1.90. The molecule has 0 aliphatic heterocycles. The number of Topliss-reactive ketones (excluding diaryl/α,β-unsaturated/α-hetero) is 2. The highest BCUT2D eigenvalue weighted by Gasteiger charge is 2.41. The average Bonchev–Trinajstić information content (AvgIpc) is 3.28. The maximum Gasteiger partial charge on any atom is 0.500 e. The van der Waals surface area contributed by atoms with E-state index in [0.29, 0.717) is 95.0 Å². The summed E-state index contributed by atoms with van der Waals surface area (Å²) >= 11 is 0. The fraction of sp³-hybridized carbons (Fsp3) is 0.640. The van der Waals surface area contributed by atoms with Crippen molar-refractivity contribution >= 4 is 53.1 Å². The highest BCUT2D eigenvalue weighted by Crippen LogP contribution is 2.25. The third kappa shape index (κ3) is 24.3. The number of ketones is 2. The van der Waals surface area contributed by atoms with Gasteiger partial charge < -0.3 is 56.5 Å². The van der Waals surface area contributed by atoms with Crippen molar-refractivity contribution in [3.63, 3.8) is 0 Å². The molecule has 0 aliphatic carbocycles. The maximum absolute atomic E-state index is 12.6. The number of carbonyl (C=O) groups is 6. The summed E-state index contributed by atoms with van der Waals surface area (Å²) in [7, 11) is -5.73. The van der Waals surface area contributed by atoms with E-state index in [9.17, 15) is 49.2 Å². The molecule has 0 fully saturated rings. The zero-order valence-electron chi connectivity index (χ0n) is 43.0. The molecule has 0 heterocycles. The van der Waals surface area contributed by atoms with E-state index in [2.05, 4.69) is 0 Å². The van der Waals surface area contributed by atoms with Gasteiger partial charge in [-0.15, -0.1) is 0 Å². The minimum Gasteiger partial charge on any atom is -0.481 e. The Hall–Kier alpha value is -4.23. The molecule has 18 nitrogen and oxygen atoms in total. The molecule has 0 spiro atoms. The van der Waals surface area contributed by atoms with Gasteiger partial charge in [-0.3, -0.25) is 28.8 Å². The molecule has 2 aromatic carbocycles. The Morgan fingerprint density at radius 3 is 1.17 bits per heavy atom. The molecule has 2 aromatic rings. The van der Waals surface area contributed by atoms with Crippen LogP contribution in [0.1, 0.15) is 140 Å². The molecule has 2 atom stereocenters. The smallest absolute Gasteiger partial charge is 0.481 e. The van der Waals surface area contributed by atoms with E-state index >= 15 is 0 Å². The van der Waals surface area contributed by atoms with Crippen molar-refractivity contribution in [1.29, 1.82) is 0 Å². The second-order valence-electron chi connectivity index (χ2n) is 17.3. The third-order valence-electron chi connectivity index (χ3n) is 10.6. The second kappa shape index (κ2) is 32.7. The highest BCUT2D eigenvalue weighted by atomic mass is 28.4. The molecule has 0 aromatic heterocycles. The predicted octanol–water partition coefficient (Wildman–Crippen LogP) is 7.29. The Morgan fingerprint density at radius 1 is 0.514 bits per heavy atom. The molecule has 2 rings (SSSR count). The van der Waals surface area contributed by atoms with Gasteiger partial charge in [0.05, 0.1) is 37.9 Å².